The summed E-state index contributed by atoms with van der Waals surface area (Å²) in [6.45, 7) is 2.98. The number of β-amino-alcohol motifs (C(OH)–C–C–N with tert-alkyl or cyclic N) is 1. The number of nitrogens with zero attached hydrogens (tertiary/aromatic N) is 1. The fourth-order valence-electron chi connectivity index (χ4n) is 2.97. The number of hydrogen-bond acceptors (Lipinski definition) is 11. The predicted octanol–water partition coefficient (Wildman–Crippen LogP) is -2.56. The normalized spacial score (nSPS) is 14.9. The minimum absolute atomic E-state index is 0.0509. The van der Waals surface area contributed by atoms with Gasteiger partial charge < -0.3 is 55.0 Å². The number of amides is 4. The van der Waals surface area contributed by atoms with E-state index < -0.39 is 26.8 Å². The van der Waals surface area contributed by atoms with Crippen LogP contribution in [0.2, 0.25) is 0 Å². The maximum absolute atomic E-state index is 11.7. The molecule has 0 spiro atoms. The van der Waals surface area contributed by atoms with Gasteiger partial charge in [0.05, 0.1) is 58.8 Å². The van der Waals surface area contributed by atoms with Gasteiger partial charge in [0, 0.05) is 32.5 Å². The van der Waals surface area contributed by atoms with Crippen LogP contribution in [0.25, 0.3) is 0 Å². The maximum atomic E-state index is 11.7. The molecular weight excluding hydrogens is 537 g/mol. The minimum Gasteiger partial charge on any atom is -0.392 e. The number of likely N-dealkylation sites (tertiary alicyclic amines) is 1. The molecule has 0 saturated carbocycles. The Kier molecular flexibility index (Phi) is 24.5. The van der Waals surface area contributed by atoms with Crippen LogP contribution in [0.15, 0.2) is 0 Å². The molecule has 1 heterocycles. The number of ether oxygens (including phenoxy) is 2. The van der Waals surface area contributed by atoms with E-state index >= 15 is 0 Å². The highest BCUT2D eigenvalue weighted by Crippen LogP contribution is 2.04. The van der Waals surface area contributed by atoms with Gasteiger partial charge in [0.2, 0.25) is 23.6 Å². The topological polar surface area (TPSA) is 205 Å². The van der Waals surface area contributed by atoms with Gasteiger partial charge in [0.25, 0.3) is 0 Å². The van der Waals surface area contributed by atoms with Gasteiger partial charge in [-0.25, -0.2) is 0 Å². The van der Waals surface area contributed by atoms with Crippen molar-refractivity contribution < 1.29 is 48.0 Å². The Morgan fingerprint density at radius 2 is 1.44 bits per heavy atom. The van der Waals surface area contributed by atoms with E-state index in [4.69, 9.17) is 24.0 Å². The summed E-state index contributed by atoms with van der Waals surface area (Å²) < 4.78 is 15.1. The van der Waals surface area contributed by atoms with Crippen LogP contribution in [-0.2, 0) is 38.0 Å². The van der Waals surface area contributed by atoms with Crippen molar-refractivity contribution in [2.24, 2.45) is 0 Å². The zero-order valence-electron chi connectivity index (χ0n) is 22.6. The van der Waals surface area contributed by atoms with Gasteiger partial charge in [0.15, 0.2) is 9.03 Å². The number of likely N-dealkylation sites (N-methyl/N-ethyl adjacent to an activating group) is 1. The molecule has 15 nitrogen and oxygen atoms in total. The first kappa shape index (κ1) is 36.7. The Hall–Kier alpha value is -2.26. The number of aliphatic hydroxyl groups excluding tert-OH is 1. The Labute approximate surface area is 231 Å². The summed E-state index contributed by atoms with van der Waals surface area (Å²) in [4.78, 5) is 67.1. The monoisotopic (exact) mass is 581 g/mol. The lowest BCUT2D eigenvalue weighted by Gasteiger charge is -2.09. The van der Waals surface area contributed by atoms with Crippen molar-refractivity contribution in [2.75, 3.05) is 79.4 Å². The summed E-state index contributed by atoms with van der Waals surface area (Å²) in [5.74, 6) is -1.80. The summed E-state index contributed by atoms with van der Waals surface area (Å²) in [7, 11) is 1.47. The molecular formula is C23H44N5O10P. The van der Waals surface area contributed by atoms with Crippen molar-refractivity contribution in [3.63, 3.8) is 0 Å². The summed E-state index contributed by atoms with van der Waals surface area (Å²) >= 11 is 0. The highest BCUT2D eigenvalue weighted by Gasteiger charge is 2.15. The lowest BCUT2D eigenvalue weighted by Crippen LogP contribution is -2.44. The lowest BCUT2D eigenvalue weighted by atomic mass is 10.2. The Morgan fingerprint density at radius 3 is 1.95 bits per heavy atom. The van der Waals surface area contributed by atoms with E-state index in [1.807, 2.05) is 7.05 Å². The van der Waals surface area contributed by atoms with Crippen LogP contribution >= 0.6 is 9.03 Å². The zero-order chi connectivity index (χ0) is 29.1. The Bertz CT molecular complexity index is 696. The van der Waals surface area contributed by atoms with Crippen LogP contribution < -0.4 is 21.3 Å². The van der Waals surface area contributed by atoms with Crippen LogP contribution in [0.3, 0.4) is 0 Å². The van der Waals surface area contributed by atoms with Gasteiger partial charge >= 0.3 is 0 Å². The fraction of sp³-hybridized carbons (Fsp3) is 0.783. The van der Waals surface area contributed by atoms with Crippen molar-refractivity contribution in [1.29, 1.82) is 0 Å². The maximum Gasteiger partial charge on any atom is 0.239 e. The number of rotatable bonds is 21. The quantitative estimate of drug-likeness (QED) is 0.0473. The van der Waals surface area contributed by atoms with Crippen LogP contribution in [0.5, 0.6) is 0 Å². The van der Waals surface area contributed by atoms with Crippen molar-refractivity contribution in [3.8, 4) is 0 Å². The third-order valence-corrected chi connectivity index (χ3v) is 5.35. The van der Waals surface area contributed by atoms with Crippen LogP contribution in [-0.4, -0.2) is 130 Å². The smallest absolute Gasteiger partial charge is 0.239 e. The molecule has 1 aliphatic heterocycles. The van der Waals surface area contributed by atoms with E-state index in [0.29, 0.717) is 45.7 Å². The molecule has 39 heavy (non-hydrogen) atoms. The van der Waals surface area contributed by atoms with Crippen molar-refractivity contribution in [3.05, 3.63) is 0 Å². The molecule has 0 aromatic carbocycles. The van der Waals surface area contributed by atoms with Crippen LogP contribution in [0.1, 0.15) is 32.1 Å². The number of hydrogen-bond donors (Lipinski definition) is 6. The molecule has 0 aromatic rings. The van der Waals surface area contributed by atoms with Crippen LogP contribution in [0, 0.1) is 0 Å². The molecule has 0 radical (unpaired) electrons. The Balaban J connectivity index is 0.00000177. The minimum atomic E-state index is -0.555. The summed E-state index contributed by atoms with van der Waals surface area (Å²) in [6, 6.07) is 0. The average molecular weight is 582 g/mol. The average Bonchev–Trinajstić information content (AvgIpc) is 3.31. The largest absolute Gasteiger partial charge is 0.392 e. The van der Waals surface area contributed by atoms with E-state index in [1.54, 1.807) is 0 Å². The van der Waals surface area contributed by atoms with Crippen LogP contribution in [0.4, 0.5) is 0 Å². The number of carbonyl (C=O) groups excluding carboxylic acids is 5. The standard InChI is InChI=1S/C18H33N4O9P.C5H11NO/c23-6-3-1-2-4-15(24)20-13-17(26)22-14-18(27)21-12-16(25)19-5-7-29-8-9-30-10-11-31-32-28;1-6-3-2-5(7)4-6/h6,28,32H,1-5,7-14H2,(H,19,25)(H,20,24)(H,21,27)(H,22,26);5,7H,2-4H2,1H3/t;5-/m.0/s1. The first-order valence-corrected chi connectivity index (χ1v) is 13.7. The molecule has 1 fully saturated rings. The highest BCUT2D eigenvalue weighted by atomic mass is 31.1. The molecule has 0 aromatic heterocycles. The second kappa shape index (κ2) is 26.0. The molecule has 6 N–H and O–H groups in total. The third kappa shape index (κ3) is 25.8. The lowest BCUT2D eigenvalue weighted by molar-refractivity contribution is -0.128. The van der Waals surface area contributed by atoms with Gasteiger partial charge in [-0.3, -0.25) is 19.2 Å². The molecule has 226 valence electrons. The second-order valence-corrected chi connectivity index (χ2v) is 8.93. The first-order valence-electron chi connectivity index (χ1n) is 12.8. The number of unbranched alkanes of at least 4 members (excludes halogenated alkanes) is 2. The summed E-state index contributed by atoms with van der Waals surface area (Å²) in [6.07, 6.45) is 3.47. The van der Waals surface area contributed by atoms with E-state index in [0.717, 1.165) is 25.8 Å². The second-order valence-electron chi connectivity index (χ2n) is 8.46. The van der Waals surface area contributed by atoms with Gasteiger partial charge in [-0.1, -0.05) is 0 Å². The van der Waals surface area contributed by atoms with E-state index in [1.165, 1.54) is 0 Å². The van der Waals surface area contributed by atoms with E-state index in [2.05, 4.69) is 26.2 Å². The molecule has 1 rings (SSSR count). The van der Waals surface area contributed by atoms with Gasteiger partial charge in [-0.15, -0.1) is 0 Å². The third-order valence-electron chi connectivity index (χ3n) is 5.02. The molecule has 1 saturated heterocycles. The van der Waals surface area contributed by atoms with E-state index in [-0.39, 0.29) is 51.2 Å². The molecule has 0 bridgehead atoms. The van der Waals surface area contributed by atoms with Crippen molar-refractivity contribution in [2.45, 2.75) is 38.2 Å². The van der Waals surface area contributed by atoms with Gasteiger partial charge in [-0.05, 0) is 26.3 Å². The van der Waals surface area contributed by atoms with E-state index in [9.17, 15) is 24.0 Å². The predicted molar refractivity (Wildman–Crippen MR) is 143 cm³/mol. The number of carbonyl (C=O) groups is 5. The SMILES string of the molecule is CN1CC[C@H](O)C1.O=CCCCCC(=O)NCC(=O)NCC(=O)NCC(=O)NCCOCCOCCOPO. The molecule has 0 aliphatic carbocycles. The molecule has 1 aliphatic rings. The molecule has 4 amide bonds. The number of aldehydes is 1. The van der Waals surface area contributed by atoms with Gasteiger partial charge in [-0.2, -0.15) is 0 Å². The highest BCUT2D eigenvalue weighted by molar-refractivity contribution is 7.24. The molecule has 2 atom stereocenters. The van der Waals surface area contributed by atoms with Crippen molar-refractivity contribution >= 4 is 38.9 Å². The summed E-state index contributed by atoms with van der Waals surface area (Å²) in [5, 5.41) is 18.5. The zero-order valence-corrected chi connectivity index (χ0v) is 23.6. The van der Waals surface area contributed by atoms with Crippen molar-refractivity contribution in [1.82, 2.24) is 26.2 Å². The van der Waals surface area contributed by atoms with Gasteiger partial charge in [0.1, 0.15) is 6.29 Å². The number of aliphatic hydroxyl groups is 1. The fourth-order valence-corrected chi connectivity index (χ4v) is 3.14. The Morgan fingerprint density at radius 1 is 0.872 bits per heavy atom. The first-order chi connectivity index (χ1) is 18.8. The molecule has 16 heteroatoms. The summed E-state index contributed by atoms with van der Waals surface area (Å²) in [5.41, 5.74) is 0. The number of nitrogens with one attached hydrogen (secondary N) is 4. The molecule has 1 unspecified atom stereocenters.